The predicted molar refractivity (Wildman–Crippen MR) is 174 cm³/mol. The molecule has 0 spiro atoms. The molecule has 5 aromatic rings. The van der Waals surface area contributed by atoms with E-state index < -0.39 is 10.1 Å². The van der Waals surface area contributed by atoms with Crippen LogP contribution in [0.1, 0.15) is 31.7 Å². The average molecular weight is 619 g/mol. The molecule has 0 saturated heterocycles. The van der Waals surface area contributed by atoms with E-state index in [4.69, 9.17) is 0 Å². The van der Waals surface area contributed by atoms with Crippen molar-refractivity contribution in [1.29, 1.82) is 0 Å². The van der Waals surface area contributed by atoms with Crippen molar-refractivity contribution in [3.05, 3.63) is 93.8 Å². The smallest absolute Gasteiger partial charge is 0.263 e. The second-order valence-corrected chi connectivity index (χ2v) is 14.5. The Morgan fingerprint density at radius 3 is 2.56 bits per heavy atom. The van der Waals surface area contributed by atoms with Crippen LogP contribution in [-0.2, 0) is 16.7 Å². The Labute approximate surface area is 253 Å². The molecule has 0 radical (unpaired) electrons. The monoisotopic (exact) mass is 618 g/mol. The van der Waals surface area contributed by atoms with E-state index in [2.05, 4.69) is 102 Å². The quantitative estimate of drug-likeness (QED) is 0.123. The summed E-state index contributed by atoms with van der Waals surface area (Å²) in [5, 5.41) is 5.51. The molecular formula is C32H30N2O3S4. The van der Waals surface area contributed by atoms with E-state index in [1.165, 1.54) is 37.0 Å². The van der Waals surface area contributed by atoms with Gasteiger partial charge in [-0.15, -0.1) is 11.3 Å². The first kappa shape index (κ1) is 28.2. The van der Waals surface area contributed by atoms with E-state index in [0.717, 1.165) is 33.6 Å². The molecule has 0 N–H and O–H groups in total. The number of thiazole rings is 1. The maximum Gasteiger partial charge on any atom is 0.263 e. The Morgan fingerprint density at radius 1 is 1.00 bits per heavy atom. The summed E-state index contributed by atoms with van der Waals surface area (Å²) in [5.74, 6) is -0.365. The van der Waals surface area contributed by atoms with Gasteiger partial charge in [-0.3, -0.25) is 0 Å². The van der Waals surface area contributed by atoms with Gasteiger partial charge in [0.05, 0.1) is 26.2 Å². The summed E-state index contributed by atoms with van der Waals surface area (Å²) < 4.78 is 38.6. The number of allylic oxidation sites excluding steroid dienone is 2. The zero-order valence-corrected chi connectivity index (χ0v) is 26.1. The van der Waals surface area contributed by atoms with Gasteiger partial charge >= 0.3 is 0 Å². The van der Waals surface area contributed by atoms with Crippen LogP contribution in [0.25, 0.3) is 37.5 Å². The first-order chi connectivity index (χ1) is 19.8. The Hall–Kier alpha value is -2.95. The van der Waals surface area contributed by atoms with Gasteiger partial charge in [0.25, 0.3) is 5.01 Å². The van der Waals surface area contributed by atoms with Crippen LogP contribution in [0.5, 0.6) is 0 Å². The lowest BCUT2D eigenvalue weighted by Crippen LogP contribution is -2.36. The molecule has 9 heteroatoms. The van der Waals surface area contributed by atoms with Crippen LogP contribution in [0, 0.1) is 0 Å². The zero-order chi connectivity index (χ0) is 28.6. The van der Waals surface area contributed by atoms with E-state index in [1.807, 2.05) is 6.07 Å². The van der Waals surface area contributed by atoms with Crippen LogP contribution >= 0.6 is 34.4 Å². The number of anilines is 1. The maximum atomic E-state index is 11.4. The lowest BCUT2D eigenvalue weighted by Gasteiger charge is -2.19. The predicted octanol–water partition coefficient (Wildman–Crippen LogP) is 8.27. The fraction of sp³-hybridized carbons (Fsp3) is 0.219. The van der Waals surface area contributed by atoms with Crippen molar-refractivity contribution in [3.63, 3.8) is 0 Å². The molecule has 0 bridgehead atoms. The van der Waals surface area contributed by atoms with Crippen LogP contribution in [0.3, 0.4) is 0 Å². The minimum Gasteiger partial charge on any atom is -0.748 e. The molecule has 0 fully saturated rings. The number of nitrogens with zero attached hydrogens (tertiary/aromatic N) is 2. The van der Waals surface area contributed by atoms with Gasteiger partial charge in [-0.25, -0.2) is 8.42 Å². The van der Waals surface area contributed by atoms with Gasteiger partial charge in [-0.05, 0) is 71.8 Å². The van der Waals surface area contributed by atoms with Crippen LogP contribution in [0.15, 0.2) is 93.7 Å². The fourth-order valence-corrected chi connectivity index (χ4v) is 8.92. The average Bonchev–Trinajstić information content (AvgIpc) is 3.67. The fourth-order valence-electron chi connectivity index (χ4n) is 5.28. The summed E-state index contributed by atoms with van der Waals surface area (Å²) in [5.41, 5.74) is 5.96. The van der Waals surface area contributed by atoms with Crippen molar-refractivity contribution >= 4 is 76.6 Å². The SMILES string of the molecule is CCC(=Cc1sc2ccc3sccc3c2[n+]1CCCS(=O)(=O)[O-])C=C1Sc2ccc(-c3ccccc3)cc2N1CC. The first-order valence-electron chi connectivity index (χ1n) is 13.7. The third-order valence-electron chi connectivity index (χ3n) is 7.28. The Bertz CT molecular complexity index is 1900. The normalized spacial score (nSPS) is 15.0. The summed E-state index contributed by atoms with van der Waals surface area (Å²) in [7, 11) is -4.27. The Balaban J connectivity index is 1.38. The minimum atomic E-state index is -4.27. The van der Waals surface area contributed by atoms with E-state index in [-0.39, 0.29) is 12.2 Å². The highest BCUT2D eigenvalue weighted by atomic mass is 32.2. The number of fused-ring (bicyclic) bond motifs is 4. The molecule has 0 unspecified atom stereocenters. The molecule has 0 amide bonds. The molecule has 1 aliphatic heterocycles. The summed E-state index contributed by atoms with van der Waals surface area (Å²) in [6, 6.07) is 23.6. The van der Waals surface area contributed by atoms with Crippen molar-refractivity contribution in [2.24, 2.45) is 0 Å². The van der Waals surface area contributed by atoms with Crippen LogP contribution in [0.2, 0.25) is 0 Å². The zero-order valence-electron chi connectivity index (χ0n) is 22.9. The van der Waals surface area contributed by atoms with Gasteiger partial charge < -0.3 is 9.45 Å². The minimum absolute atomic E-state index is 0.283. The van der Waals surface area contributed by atoms with Gasteiger partial charge in [-0.1, -0.05) is 66.4 Å². The van der Waals surface area contributed by atoms with Crippen LogP contribution in [-0.4, -0.2) is 25.3 Å². The van der Waals surface area contributed by atoms with Crippen molar-refractivity contribution in [1.82, 2.24) is 0 Å². The molecule has 0 atom stereocenters. The molecule has 3 heterocycles. The van der Waals surface area contributed by atoms with Gasteiger partial charge in [-0.2, -0.15) is 4.57 Å². The molecule has 1 aliphatic rings. The van der Waals surface area contributed by atoms with Crippen molar-refractivity contribution in [2.45, 2.75) is 38.1 Å². The highest BCUT2D eigenvalue weighted by Gasteiger charge is 2.26. The van der Waals surface area contributed by atoms with Gasteiger partial charge in [0.15, 0.2) is 6.54 Å². The van der Waals surface area contributed by atoms with E-state index in [1.54, 1.807) is 34.4 Å². The molecule has 0 aliphatic carbocycles. The molecule has 2 aromatic heterocycles. The highest BCUT2D eigenvalue weighted by molar-refractivity contribution is 8.03. The lowest BCUT2D eigenvalue weighted by atomic mass is 10.0. The highest BCUT2D eigenvalue weighted by Crippen LogP contribution is 2.48. The molecular weight excluding hydrogens is 589 g/mol. The number of aromatic nitrogens is 1. The lowest BCUT2D eigenvalue weighted by molar-refractivity contribution is -0.667. The summed E-state index contributed by atoms with van der Waals surface area (Å²) in [6.45, 7) is 5.69. The number of aryl methyl sites for hydroxylation is 1. The Kier molecular flexibility index (Phi) is 8.07. The van der Waals surface area contributed by atoms with E-state index in [0.29, 0.717) is 6.54 Å². The summed E-state index contributed by atoms with van der Waals surface area (Å²) >= 11 is 5.20. The van der Waals surface area contributed by atoms with Gasteiger partial charge in [0.2, 0.25) is 5.52 Å². The van der Waals surface area contributed by atoms with Crippen molar-refractivity contribution < 1.29 is 17.5 Å². The van der Waals surface area contributed by atoms with Crippen LogP contribution in [0.4, 0.5) is 5.69 Å². The summed E-state index contributed by atoms with van der Waals surface area (Å²) in [6.07, 6.45) is 5.65. The number of thioether (sulfide) groups is 1. The van der Waals surface area contributed by atoms with Crippen molar-refractivity contribution in [3.8, 4) is 11.1 Å². The molecule has 41 heavy (non-hydrogen) atoms. The number of rotatable bonds is 9. The third-order valence-corrected chi connectivity index (χ3v) is 11.2. The second kappa shape index (κ2) is 11.7. The topological polar surface area (TPSA) is 64.3 Å². The standard InChI is InChI=1S/C32H30N2O3S4/c1-3-22(19-30-33(4-2)26-21-24(11-12-28(26)39-30)23-9-6-5-7-10-23)20-31-34(16-8-18-41(35,36)37)32-25-15-17-38-27(25)13-14-29(32)40-31/h5-7,9-15,17,19-21H,3-4,8,16,18H2,1-2H3. The molecule has 5 nitrogen and oxygen atoms in total. The van der Waals surface area contributed by atoms with Gasteiger partial charge in [0, 0.05) is 34.4 Å². The van der Waals surface area contributed by atoms with E-state index in [9.17, 15) is 13.0 Å². The number of benzene rings is 3. The third kappa shape index (κ3) is 5.87. The summed E-state index contributed by atoms with van der Waals surface area (Å²) in [4.78, 5) is 3.63. The van der Waals surface area contributed by atoms with Crippen LogP contribution < -0.4 is 9.47 Å². The Morgan fingerprint density at radius 2 is 1.80 bits per heavy atom. The van der Waals surface area contributed by atoms with E-state index >= 15 is 0 Å². The first-order valence-corrected chi connectivity index (χ1v) is 17.8. The number of hydrogen-bond acceptors (Lipinski definition) is 7. The number of thiophene rings is 1. The van der Waals surface area contributed by atoms with Crippen molar-refractivity contribution in [2.75, 3.05) is 17.2 Å². The molecule has 6 rings (SSSR count). The molecule has 210 valence electrons. The molecule has 3 aromatic carbocycles. The maximum absolute atomic E-state index is 11.4. The van der Waals surface area contributed by atoms with Gasteiger partial charge in [0.1, 0.15) is 4.70 Å². The second-order valence-electron chi connectivity index (χ2n) is 9.90. The molecule has 0 saturated carbocycles. The largest absolute Gasteiger partial charge is 0.748 e. The number of hydrogen-bond donors (Lipinski definition) is 0.